The minimum atomic E-state index is -4.50. The normalized spacial score (nSPS) is 19.8. The van der Waals surface area contributed by atoms with Gasteiger partial charge < -0.3 is 14.7 Å². The van der Waals surface area contributed by atoms with Crippen LogP contribution in [-0.2, 0) is 20.9 Å². The van der Waals surface area contributed by atoms with Crippen molar-refractivity contribution in [2.45, 2.75) is 81.5 Å². The first-order valence-corrected chi connectivity index (χ1v) is 13.6. The van der Waals surface area contributed by atoms with Gasteiger partial charge in [0, 0.05) is 26.2 Å². The first kappa shape index (κ1) is 29.0. The SMILES string of the molecule is CCN(CCO)CCCCCCOC1CCC(N(C)S(=O)(=O)c2ccc(C(F)(F)F)cc2)CC1. The Labute approximate surface area is 202 Å². The van der Waals surface area contributed by atoms with Crippen LogP contribution < -0.4 is 0 Å². The van der Waals surface area contributed by atoms with E-state index in [4.69, 9.17) is 9.84 Å². The zero-order chi connectivity index (χ0) is 25.2. The Morgan fingerprint density at radius 3 is 2.18 bits per heavy atom. The molecule has 1 fully saturated rings. The maximum Gasteiger partial charge on any atom is 0.416 e. The Morgan fingerprint density at radius 2 is 1.62 bits per heavy atom. The molecule has 0 amide bonds. The zero-order valence-corrected chi connectivity index (χ0v) is 21.1. The monoisotopic (exact) mass is 508 g/mol. The molecule has 0 saturated heterocycles. The maximum atomic E-state index is 12.9. The summed E-state index contributed by atoms with van der Waals surface area (Å²) in [6.07, 6.45) is 2.82. The topological polar surface area (TPSA) is 70.1 Å². The number of halogens is 3. The molecule has 1 aromatic rings. The Balaban J connectivity index is 1.69. The van der Waals surface area contributed by atoms with Gasteiger partial charge in [-0.05, 0) is 75.9 Å². The highest BCUT2D eigenvalue weighted by Crippen LogP contribution is 2.32. The number of sulfonamides is 1. The second-order valence-electron chi connectivity index (χ2n) is 8.92. The quantitative estimate of drug-likeness (QED) is 0.374. The van der Waals surface area contributed by atoms with Crippen LogP contribution in [0.3, 0.4) is 0 Å². The van der Waals surface area contributed by atoms with Crippen molar-refractivity contribution >= 4 is 10.0 Å². The van der Waals surface area contributed by atoms with Crippen molar-refractivity contribution in [3.63, 3.8) is 0 Å². The van der Waals surface area contributed by atoms with Gasteiger partial charge in [0.25, 0.3) is 0 Å². The molecule has 6 nitrogen and oxygen atoms in total. The Hall–Kier alpha value is -1.20. The van der Waals surface area contributed by atoms with Gasteiger partial charge in [-0.2, -0.15) is 17.5 Å². The van der Waals surface area contributed by atoms with Gasteiger partial charge in [-0.25, -0.2) is 8.42 Å². The molecule has 0 aromatic heterocycles. The lowest BCUT2D eigenvalue weighted by Gasteiger charge is -2.34. The molecule has 0 unspecified atom stereocenters. The van der Waals surface area contributed by atoms with Crippen LogP contribution in [0, 0.1) is 0 Å². The number of hydrogen-bond donors (Lipinski definition) is 1. The van der Waals surface area contributed by atoms with Crippen LogP contribution in [0.4, 0.5) is 13.2 Å². The number of aliphatic hydroxyl groups is 1. The zero-order valence-electron chi connectivity index (χ0n) is 20.3. The Bertz CT molecular complexity index is 811. The van der Waals surface area contributed by atoms with E-state index in [0.29, 0.717) is 19.4 Å². The van der Waals surface area contributed by atoms with E-state index in [-0.39, 0.29) is 23.6 Å². The van der Waals surface area contributed by atoms with Crippen molar-refractivity contribution in [3.8, 4) is 0 Å². The molecule has 1 N–H and O–H groups in total. The average molecular weight is 509 g/mol. The molecule has 0 radical (unpaired) electrons. The van der Waals surface area contributed by atoms with Crippen LogP contribution in [0.5, 0.6) is 0 Å². The van der Waals surface area contributed by atoms with Gasteiger partial charge in [0.05, 0.1) is 23.2 Å². The van der Waals surface area contributed by atoms with Gasteiger partial charge in [0.2, 0.25) is 10.0 Å². The number of unbranched alkanes of at least 4 members (excludes halogenated alkanes) is 3. The minimum absolute atomic E-state index is 0.124. The average Bonchev–Trinajstić information content (AvgIpc) is 2.82. The number of rotatable bonds is 14. The van der Waals surface area contributed by atoms with E-state index in [1.807, 2.05) is 0 Å². The molecule has 0 heterocycles. The molecule has 1 aromatic carbocycles. The Morgan fingerprint density at radius 1 is 1.00 bits per heavy atom. The fraction of sp³-hybridized carbons (Fsp3) is 0.750. The van der Waals surface area contributed by atoms with E-state index in [9.17, 15) is 21.6 Å². The van der Waals surface area contributed by atoms with Crippen molar-refractivity contribution in [1.82, 2.24) is 9.21 Å². The number of ether oxygens (including phenoxy) is 1. The van der Waals surface area contributed by atoms with Crippen molar-refractivity contribution in [2.75, 3.05) is 39.9 Å². The summed E-state index contributed by atoms with van der Waals surface area (Å²) in [6.45, 7) is 5.67. The third kappa shape index (κ3) is 8.78. The Kier molecular flexibility index (Phi) is 11.8. The molecule has 1 saturated carbocycles. The number of nitrogens with zero attached hydrogens (tertiary/aromatic N) is 2. The van der Waals surface area contributed by atoms with E-state index >= 15 is 0 Å². The van der Waals surface area contributed by atoms with E-state index in [0.717, 1.165) is 82.4 Å². The second-order valence-corrected chi connectivity index (χ2v) is 10.9. The van der Waals surface area contributed by atoms with Crippen molar-refractivity contribution in [2.24, 2.45) is 0 Å². The third-order valence-corrected chi connectivity index (χ3v) is 8.53. The van der Waals surface area contributed by atoms with Gasteiger partial charge in [-0.15, -0.1) is 0 Å². The first-order valence-electron chi connectivity index (χ1n) is 12.2. The van der Waals surface area contributed by atoms with Crippen molar-refractivity contribution in [1.29, 1.82) is 0 Å². The molecule has 0 atom stereocenters. The fourth-order valence-electron chi connectivity index (χ4n) is 4.36. The summed E-state index contributed by atoms with van der Waals surface area (Å²) < 4.78 is 71.3. The summed E-state index contributed by atoms with van der Waals surface area (Å²) in [5, 5.41) is 9.01. The summed E-state index contributed by atoms with van der Waals surface area (Å²) in [5.41, 5.74) is -0.864. The van der Waals surface area contributed by atoms with Crippen molar-refractivity contribution < 1.29 is 31.4 Å². The summed E-state index contributed by atoms with van der Waals surface area (Å²) >= 11 is 0. The number of aliphatic hydroxyl groups excluding tert-OH is 1. The van der Waals surface area contributed by atoms with E-state index in [1.165, 1.54) is 11.4 Å². The van der Waals surface area contributed by atoms with Gasteiger partial charge in [-0.1, -0.05) is 19.8 Å². The summed E-state index contributed by atoms with van der Waals surface area (Å²) in [6, 6.07) is 3.47. The third-order valence-electron chi connectivity index (χ3n) is 6.60. The molecule has 1 aliphatic rings. The van der Waals surface area contributed by atoms with Gasteiger partial charge >= 0.3 is 6.18 Å². The molecule has 0 aliphatic heterocycles. The predicted octanol–water partition coefficient (Wildman–Crippen LogP) is 4.53. The largest absolute Gasteiger partial charge is 0.416 e. The van der Waals surface area contributed by atoms with Crippen LogP contribution in [-0.4, -0.2) is 74.8 Å². The number of benzene rings is 1. The smallest absolute Gasteiger partial charge is 0.395 e. The molecular formula is C24H39F3N2O4S. The fourth-order valence-corrected chi connectivity index (χ4v) is 5.78. The molecule has 34 heavy (non-hydrogen) atoms. The van der Waals surface area contributed by atoms with Crippen molar-refractivity contribution in [3.05, 3.63) is 29.8 Å². The molecule has 196 valence electrons. The molecular weight excluding hydrogens is 469 g/mol. The molecule has 0 spiro atoms. The van der Waals surface area contributed by atoms with Gasteiger partial charge in [-0.3, -0.25) is 0 Å². The molecule has 10 heteroatoms. The van der Waals surface area contributed by atoms with Gasteiger partial charge in [0.1, 0.15) is 0 Å². The highest BCUT2D eigenvalue weighted by Gasteiger charge is 2.34. The molecule has 0 bridgehead atoms. The molecule has 2 rings (SSSR count). The minimum Gasteiger partial charge on any atom is -0.395 e. The maximum absolute atomic E-state index is 12.9. The lowest BCUT2D eigenvalue weighted by molar-refractivity contribution is -0.137. The van der Waals surface area contributed by atoms with Crippen LogP contribution in [0.15, 0.2) is 29.2 Å². The first-order chi connectivity index (χ1) is 16.1. The van der Waals surface area contributed by atoms with E-state index in [1.54, 1.807) is 0 Å². The highest BCUT2D eigenvalue weighted by molar-refractivity contribution is 7.89. The number of likely N-dealkylation sites (N-methyl/N-ethyl adjacent to an activating group) is 1. The van der Waals surface area contributed by atoms with Crippen LogP contribution >= 0.6 is 0 Å². The highest BCUT2D eigenvalue weighted by atomic mass is 32.2. The summed E-state index contributed by atoms with van der Waals surface area (Å²) in [7, 11) is -2.35. The van der Waals surface area contributed by atoms with E-state index in [2.05, 4.69) is 11.8 Å². The van der Waals surface area contributed by atoms with E-state index < -0.39 is 21.8 Å². The standard InChI is InChI=1S/C24H39F3N2O4S/c1-3-29(17-18-30)16-6-4-5-7-19-33-22-12-10-21(11-13-22)28(2)34(31,32)23-14-8-20(9-15-23)24(25,26)27/h8-9,14-15,21-22,30H,3-7,10-13,16-19H2,1-2H3. The van der Waals surface area contributed by atoms with Crippen LogP contribution in [0.1, 0.15) is 63.9 Å². The predicted molar refractivity (Wildman–Crippen MR) is 126 cm³/mol. The van der Waals surface area contributed by atoms with Crippen LogP contribution in [0.25, 0.3) is 0 Å². The lowest BCUT2D eigenvalue weighted by atomic mass is 9.93. The summed E-state index contributed by atoms with van der Waals surface area (Å²) in [5.74, 6) is 0. The van der Waals surface area contributed by atoms with Crippen LogP contribution in [0.2, 0.25) is 0 Å². The number of hydrogen-bond acceptors (Lipinski definition) is 5. The summed E-state index contributed by atoms with van der Waals surface area (Å²) in [4.78, 5) is 2.11. The number of alkyl halides is 3. The van der Waals surface area contributed by atoms with Gasteiger partial charge in [0.15, 0.2) is 0 Å². The second kappa shape index (κ2) is 13.8. The molecule has 1 aliphatic carbocycles. The lowest BCUT2D eigenvalue weighted by Crippen LogP contribution is -2.40.